The van der Waals surface area contributed by atoms with Gasteiger partial charge in [0.25, 0.3) is 0 Å². The smallest absolute Gasteiger partial charge is 0.196 e. The van der Waals surface area contributed by atoms with Crippen molar-refractivity contribution in [2.75, 3.05) is 5.32 Å². The third-order valence-electron chi connectivity index (χ3n) is 4.79. The molecule has 1 aliphatic rings. The molecule has 26 heavy (non-hydrogen) atoms. The van der Waals surface area contributed by atoms with E-state index in [1.54, 1.807) is 0 Å². The van der Waals surface area contributed by atoms with Gasteiger partial charge in [-0.15, -0.1) is 10.2 Å². The number of rotatable bonds is 6. The zero-order chi connectivity index (χ0) is 17.8. The van der Waals surface area contributed by atoms with Gasteiger partial charge >= 0.3 is 0 Å². The Labute approximate surface area is 159 Å². The van der Waals surface area contributed by atoms with E-state index in [0.717, 1.165) is 22.4 Å². The third kappa shape index (κ3) is 3.93. The van der Waals surface area contributed by atoms with Crippen molar-refractivity contribution >= 4 is 17.4 Å². The lowest BCUT2D eigenvalue weighted by atomic mass is 10.2. The predicted octanol–water partition coefficient (Wildman–Crippen LogP) is 5.22. The monoisotopic (exact) mass is 364 g/mol. The maximum absolute atomic E-state index is 4.52. The summed E-state index contributed by atoms with van der Waals surface area (Å²) < 4.78 is 2.20. The third-order valence-corrected chi connectivity index (χ3v) is 6.07. The maximum Gasteiger partial charge on any atom is 0.196 e. The van der Waals surface area contributed by atoms with Crippen LogP contribution in [0.5, 0.6) is 0 Å². The second kappa shape index (κ2) is 7.96. The largest absolute Gasteiger partial charge is 0.378 e. The second-order valence-corrected chi connectivity index (χ2v) is 8.08. The molecule has 0 spiro atoms. The van der Waals surface area contributed by atoms with Crippen molar-refractivity contribution in [2.24, 2.45) is 0 Å². The quantitative estimate of drug-likeness (QED) is 0.651. The highest BCUT2D eigenvalue weighted by Crippen LogP contribution is 2.35. The van der Waals surface area contributed by atoms with Crippen LogP contribution in [-0.4, -0.2) is 20.0 Å². The molecule has 5 heteroatoms. The molecule has 0 radical (unpaired) electrons. The molecule has 3 aromatic rings. The Morgan fingerprint density at radius 3 is 2.46 bits per heavy atom. The Morgan fingerprint density at radius 1 is 1.00 bits per heavy atom. The summed E-state index contributed by atoms with van der Waals surface area (Å²) >= 11 is 1.88. The van der Waals surface area contributed by atoms with E-state index in [2.05, 4.69) is 75.5 Å². The molecule has 0 amide bonds. The van der Waals surface area contributed by atoms with Gasteiger partial charge in [-0.25, -0.2) is 0 Å². The Kier molecular flexibility index (Phi) is 5.25. The van der Waals surface area contributed by atoms with Crippen LogP contribution in [0.2, 0.25) is 0 Å². The van der Waals surface area contributed by atoms with Gasteiger partial charge in [0.2, 0.25) is 0 Å². The fraction of sp³-hybridized carbons (Fsp3) is 0.333. The van der Waals surface area contributed by atoms with Crippen LogP contribution in [-0.2, 0) is 6.54 Å². The van der Waals surface area contributed by atoms with Crippen molar-refractivity contribution in [3.63, 3.8) is 0 Å². The summed E-state index contributed by atoms with van der Waals surface area (Å²) in [6.45, 7) is 2.75. The van der Waals surface area contributed by atoms with Crippen LogP contribution in [0, 0.1) is 6.92 Å². The summed E-state index contributed by atoms with van der Waals surface area (Å²) in [5.41, 5.74) is 3.49. The molecule has 134 valence electrons. The first-order valence-corrected chi connectivity index (χ1v) is 10.1. The van der Waals surface area contributed by atoms with Crippen molar-refractivity contribution in [1.82, 2.24) is 14.8 Å². The molecule has 4 rings (SSSR count). The summed E-state index contributed by atoms with van der Waals surface area (Å²) in [7, 11) is 0. The van der Waals surface area contributed by atoms with Crippen molar-refractivity contribution in [3.8, 4) is 5.69 Å². The van der Waals surface area contributed by atoms with Crippen LogP contribution in [0.4, 0.5) is 5.69 Å². The molecule has 0 aliphatic heterocycles. The number of para-hydroxylation sites is 1. The molecule has 0 unspecified atom stereocenters. The summed E-state index contributed by atoms with van der Waals surface area (Å²) in [4.78, 5) is 0. The molecule has 2 aromatic carbocycles. The number of aromatic nitrogens is 3. The lowest BCUT2D eigenvalue weighted by molar-refractivity contribution is 0.826. The van der Waals surface area contributed by atoms with Crippen LogP contribution in [0.25, 0.3) is 5.69 Å². The van der Waals surface area contributed by atoms with Crippen molar-refractivity contribution < 1.29 is 0 Å². The lowest BCUT2D eigenvalue weighted by Crippen LogP contribution is -2.09. The Bertz CT molecular complexity index is 836. The molecule has 4 nitrogen and oxygen atoms in total. The van der Waals surface area contributed by atoms with Crippen LogP contribution >= 0.6 is 11.8 Å². The first-order valence-electron chi connectivity index (χ1n) is 9.26. The molecule has 1 saturated carbocycles. The summed E-state index contributed by atoms with van der Waals surface area (Å²) in [6.07, 6.45) is 5.23. The number of anilines is 1. The van der Waals surface area contributed by atoms with E-state index in [-0.39, 0.29) is 0 Å². The van der Waals surface area contributed by atoms with Crippen molar-refractivity contribution in [3.05, 3.63) is 66.0 Å². The molecular weight excluding hydrogens is 340 g/mol. The molecule has 1 fully saturated rings. The number of aryl methyl sites for hydroxylation is 1. The van der Waals surface area contributed by atoms with Gasteiger partial charge in [0.15, 0.2) is 11.0 Å². The number of hydrogen-bond donors (Lipinski definition) is 1. The minimum atomic E-state index is 0.649. The number of hydrogen-bond acceptors (Lipinski definition) is 4. The maximum atomic E-state index is 4.52. The number of thioether (sulfide) groups is 1. The average Bonchev–Trinajstić information content (AvgIpc) is 3.32. The lowest BCUT2D eigenvalue weighted by Gasteiger charge is -2.13. The Hall–Kier alpha value is -2.27. The molecular formula is C21H24N4S. The van der Waals surface area contributed by atoms with Gasteiger partial charge in [-0.3, -0.25) is 4.57 Å². The fourth-order valence-corrected chi connectivity index (χ4v) is 4.61. The highest BCUT2D eigenvalue weighted by Gasteiger charge is 2.21. The van der Waals surface area contributed by atoms with Gasteiger partial charge in [0, 0.05) is 16.6 Å². The van der Waals surface area contributed by atoms with E-state index in [0.29, 0.717) is 11.8 Å². The summed E-state index contributed by atoms with van der Waals surface area (Å²) in [5, 5.41) is 14.2. The normalized spacial score (nSPS) is 14.7. The summed E-state index contributed by atoms with van der Waals surface area (Å²) in [6, 6.07) is 18.9. The minimum absolute atomic E-state index is 0.649. The van der Waals surface area contributed by atoms with E-state index in [9.17, 15) is 0 Å². The van der Waals surface area contributed by atoms with Gasteiger partial charge in [0.05, 0.1) is 6.54 Å². The zero-order valence-corrected chi connectivity index (χ0v) is 15.9. The Balaban J connectivity index is 1.58. The molecule has 1 aliphatic carbocycles. The Morgan fingerprint density at radius 2 is 1.73 bits per heavy atom. The van der Waals surface area contributed by atoms with Crippen LogP contribution in [0.3, 0.4) is 0 Å². The minimum Gasteiger partial charge on any atom is -0.378 e. The molecule has 1 aromatic heterocycles. The topological polar surface area (TPSA) is 42.7 Å². The van der Waals surface area contributed by atoms with Gasteiger partial charge in [0.1, 0.15) is 0 Å². The molecule has 0 bridgehead atoms. The number of nitrogens with one attached hydrogen (secondary N) is 1. The van der Waals surface area contributed by atoms with E-state index in [1.165, 1.54) is 31.2 Å². The van der Waals surface area contributed by atoms with E-state index in [4.69, 9.17) is 0 Å². The van der Waals surface area contributed by atoms with Gasteiger partial charge < -0.3 is 5.32 Å². The summed E-state index contributed by atoms with van der Waals surface area (Å²) in [5.74, 6) is 0.942. The van der Waals surface area contributed by atoms with E-state index < -0.39 is 0 Å². The molecule has 1 heterocycles. The molecule has 0 atom stereocenters. The van der Waals surface area contributed by atoms with Crippen molar-refractivity contribution in [1.29, 1.82) is 0 Å². The van der Waals surface area contributed by atoms with E-state index in [1.807, 2.05) is 17.8 Å². The fourth-order valence-electron chi connectivity index (χ4n) is 3.34. The van der Waals surface area contributed by atoms with Gasteiger partial charge in [-0.2, -0.15) is 0 Å². The van der Waals surface area contributed by atoms with Crippen molar-refractivity contribution in [2.45, 2.75) is 49.6 Å². The zero-order valence-electron chi connectivity index (χ0n) is 15.1. The number of benzene rings is 2. The SMILES string of the molecule is Cc1ccc(NCc2nnc(SC3CCCC3)n2-c2ccccc2)cc1. The standard InChI is InChI=1S/C21H24N4S/c1-16-11-13-17(14-12-16)22-15-20-23-24-21(26-19-9-5-6-10-19)25(20)18-7-3-2-4-8-18/h2-4,7-8,11-14,19,22H,5-6,9-10,15H2,1H3. The highest BCUT2D eigenvalue weighted by molar-refractivity contribution is 7.99. The van der Waals surface area contributed by atoms with Gasteiger partial charge in [-0.05, 0) is 44.0 Å². The van der Waals surface area contributed by atoms with E-state index >= 15 is 0 Å². The first kappa shape index (κ1) is 17.2. The average molecular weight is 365 g/mol. The predicted molar refractivity (Wildman–Crippen MR) is 108 cm³/mol. The highest BCUT2D eigenvalue weighted by atomic mass is 32.2. The van der Waals surface area contributed by atoms with Gasteiger partial charge in [-0.1, -0.05) is 60.5 Å². The van der Waals surface area contributed by atoms with Crippen LogP contribution in [0.15, 0.2) is 59.8 Å². The number of nitrogens with zero attached hydrogens (tertiary/aromatic N) is 3. The first-order chi connectivity index (χ1) is 12.8. The van der Waals surface area contributed by atoms with Crippen LogP contribution in [0.1, 0.15) is 37.1 Å². The van der Waals surface area contributed by atoms with Crippen LogP contribution < -0.4 is 5.32 Å². The second-order valence-electron chi connectivity index (χ2n) is 6.81. The molecule has 1 N–H and O–H groups in total. The molecule has 0 saturated heterocycles.